The Labute approximate surface area is 155 Å². The molecule has 130 valence electrons. The lowest BCUT2D eigenvalue weighted by Crippen LogP contribution is -2.15. The van der Waals surface area contributed by atoms with Gasteiger partial charge in [0.05, 0.1) is 16.4 Å². The lowest BCUT2D eigenvalue weighted by molar-refractivity contribution is -0.384. The van der Waals surface area contributed by atoms with E-state index in [1.807, 2.05) is 0 Å². The Morgan fingerprint density at radius 2 is 1.85 bits per heavy atom. The standard InChI is InChI=1S/C15H9N5O4S2/c21-11-10-9(6-1-3-7(4-2-6)20(22)23)8-5-16-14(25)18-12(8)24-13(10)19-15(26)17-11/h1-5,9H,(H,16,18,25)(H2,17,19,21,26). The Hall–Kier alpha value is -3.18. The Morgan fingerprint density at radius 1 is 1.15 bits per heavy atom. The van der Waals surface area contributed by atoms with Crippen molar-refractivity contribution in [2.75, 3.05) is 0 Å². The summed E-state index contributed by atoms with van der Waals surface area (Å²) in [6, 6.07) is 5.98. The average Bonchev–Trinajstić information content (AvgIpc) is 2.59. The van der Waals surface area contributed by atoms with Crippen LogP contribution in [-0.4, -0.2) is 30.0 Å². The molecule has 0 spiro atoms. The van der Waals surface area contributed by atoms with E-state index >= 15 is 0 Å². The third-order valence-electron chi connectivity index (χ3n) is 3.96. The van der Waals surface area contributed by atoms with Crippen LogP contribution in [0.25, 0.3) is 0 Å². The highest BCUT2D eigenvalue weighted by Crippen LogP contribution is 2.48. The summed E-state index contributed by atoms with van der Waals surface area (Å²) in [5.74, 6) is -0.263. The molecule has 1 aliphatic heterocycles. The van der Waals surface area contributed by atoms with E-state index in [1.54, 1.807) is 12.1 Å². The number of nitro benzene ring substituents is 1. The number of rotatable bonds is 2. The summed E-state index contributed by atoms with van der Waals surface area (Å²) in [4.78, 5) is 24.0. The molecule has 1 aliphatic rings. The largest absolute Gasteiger partial charge is 0.493 e. The maximum absolute atomic E-state index is 10.9. The minimum absolute atomic E-state index is 0.0401. The van der Waals surface area contributed by atoms with Gasteiger partial charge < -0.3 is 19.8 Å². The number of nitrogens with zero attached hydrogens (tertiary/aromatic N) is 3. The summed E-state index contributed by atoms with van der Waals surface area (Å²) in [7, 11) is 0. The molecule has 1 atom stereocenters. The second kappa shape index (κ2) is 5.97. The van der Waals surface area contributed by atoms with Crippen molar-refractivity contribution in [3.05, 3.63) is 66.8 Å². The van der Waals surface area contributed by atoms with Gasteiger partial charge in [-0.3, -0.25) is 10.1 Å². The molecule has 0 amide bonds. The van der Waals surface area contributed by atoms with Gasteiger partial charge in [0.1, 0.15) is 0 Å². The van der Waals surface area contributed by atoms with Crippen LogP contribution in [0.15, 0.2) is 30.5 Å². The van der Waals surface area contributed by atoms with Gasteiger partial charge >= 0.3 is 0 Å². The highest BCUT2D eigenvalue weighted by Gasteiger charge is 2.34. The fourth-order valence-electron chi connectivity index (χ4n) is 2.86. The molecule has 2 aromatic heterocycles. The van der Waals surface area contributed by atoms with Crippen LogP contribution in [0.2, 0.25) is 0 Å². The van der Waals surface area contributed by atoms with Crippen LogP contribution in [-0.2, 0) is 0 Å². The number of benzene rings is 1. The predicted octanol–water partition coefficient (Wildman–Crippen LogP) is 3.49. The molecule has 11 heteroatoms. The van der Waals surface area contributed by atoms with E-state index in [4.69, 9.17) is 29.2 Å². The number of H-pyrrole nitrogens is 2. The molecule has 9 nitrogen and oxygen atoms in total. The summed E-state index contributed by atoms with van der Waals surface area (Å²) in [5, 5.41) is 21.3. The van der Waals surface area contributed by atoms with Crippen molar-refractivity contribution in [1.29, 1.82) is 0 Å². The van der Waals surface area contributed by atoms with Crippen molar-refractivity contribution in [1.82, 2.24) is 19.9 Å². The molecule has 1 unspecified atom stereocenters. The smallest absolute Gasteiger partial charge is 0.269 e. The Balaban J connectivity index is 1.97. The molecule has 3 aromatic rings. The van der Waals surface area contributed by atoms with Gasteiger partial charge in [0.25, 0.3) is 5.69 Å². The van der Waals surface area contributed by atoms with Crippen LogP contribution in [0, 0.1) is 19.7 Å². The first kappa shape index (κ1) is 16.3. The average molecular weight is 387 g/mol. The summed E-state index contributed by atoms with van der Waals surface area (Å²) < 4.78 is 6.02. The van der Waals surface area contributed by atoms with Gasteiger partial charge in [-0.1, -0.05) is 12.1 Å². The van der Waals surface area contributed by atoms with E-state index in [-0.39, 0.29) is 27.0 Å². The van der Waals surface area contributed by atoms with Crippen LogP contribution in [0.3, 0.4) is 0 Å². The van der Waals surface area contributed by atoms with E-state index in [0.717, 1.165) is 0 Å². The number of hydrogen-bond donors (Lipinski definition) is 3. The van der Waals surface area contributed by atoms with Gasteiger partial charge in [0.15, 0.2) is 4.77 Å². The van der Waals surface area contributed by atoms with Crippen molar-refractivity contribution >= 4 is 30.1 Å². The maximum Gasteiger partial charge on any atom is 0.269 e. The quantitative estimate of drug-likeness (QED) is 0.271. The molecular weight excluding hydrogens is 378 g/mol. The number of ether oxygens (including phenoxy) is 1. The maximum atomic E-state index is 10.9. The van der Waals surface area contributed by atoms with E-state index in [1.165, 1.54) is 18.3 Å². The van der Waals surface area contributed by atoms with Crippen molar-refractivity contribution < 1.29 is 14.8 Å². The second-order valence-electron chi connectivity index (χ2n) is 5.46. The lowest BCUT2D eigenvalue weighted by atomic mass is 9.85. The van der Waals surface area contributed by atoms with E-state index in [2.05, 4.69) is 19.9 Å². The molecule has 0 saturated carbocycles. The molecule has 0 fully saturated rings. The summed E-state index contributed by atoms with van der Waals surface area (Å²) in [5.41, 5.74) is 1.59. The predicted molar refractivity (Wildman–Crippen MR) is 94.6 cm³/mol. The number of non-ortho nitro benzene ring substituents is 1. The Morgan fingerprint density at radius 3 is 2.54 bits per heavy atom. The molecule has 4 rings (SSSR count). The van der Waals surface area contributed by atoms with E-state index in [0.29, 0.717) is 22.6 Å². The van der Waals surface area contributed by atoms with Crippen molar-refractivity contribution in [3.8, 4) is 17.6 Å². The Bertz CT molecular complexity index is 1160. The van der Waals surface area contributed by atoms with Gasteiger partial charge in [-0.05, 0) is 30.0 Å². The summed E-state index contributed by atoms with van der Waals surface area (Å²) in [6.07, 6.45) is 1.53. The summed E-state index contributed by atoms with van der Waals surface area (Å²) >= 11 is 10.0. The molecule has 3 heterocycles. The van der Waals surface area contributed by atoms with Gasteiger partial charge in [0.2, 0.25) is 22.4 Å². The lowest BCUT2D eigenvalue weighted by Gasteiger charge is -2.27. The number of aromatic amines is 2. The zero-order chi connectivity index (χ0) is 18.4. The van der Waals surface area contributed by atoms with Crippen LogP contribution >= 0.6 is 24.4 Å². The molecule has 0 bridgehead atoms. The first-order valence-corrected chi connectivity index (χ1v) is 8.10. The normalized spacial score (nSPS) is 14.8. The van der Waals surface area contributed by atoms with Crippen LogP contribution in [0.5, 0.6) is 17.6 Å². The van der Waals surface area contributed by atoms with Crippen LogP contribution in [0.1, 0.15) is 22.6 Å². The first-order chi connectivity index (χ1) is 12.4. The van der Waals surface area contributed by atoms with Crippen molar-refractivity contribution in [2.24, 2.45) is 0 Å². The first-order valence-electron chi connectivity index (χ1n) is 7.28. The van der Waals surface area contributed by atoms with Gasteiger partial charge in [0, 0.05) is 23.9 Å². The molecule has 1 aromatic carbocycles. The third-order valence-corrected chi connectivity index (χ3v) is 4.36. The fraction of sp³-hybridized carbons (Fsp3) is 0.0667. The number of aromatic nitrogens is 4. The number of hydrogen-bond acceptors (Lipinski definition) is 8. The van der Waals surface area contributed by atoms with E-state index < -0.39 is 10.8 Å². The number of nitro groups is 1. The van der Waals surface area contributed by atoms with Crippen LogP contribution in [0.4, 0.5) is 5.69 Å². The highest BCUT2D eigenvalue weighted by molar-refractivity contribution is 7.71. The fourth-order valence-corrected chi connectivity index (χ4v) is 3.19. The van der Waals surface area contributed by atoms with Gasteiger partial charge in [-0.15, -0.1) is 0 Å². The topological polar surface area (TPSA) is 130 Å². The summed E-state index contributed by atoms with van der Waals surface area (Å²) in [6.45, 7) is 0. The minimum Gasteiger partial charge on any atom is -0.493 e. The molecule has 0 saturated heterocycles. The number of nitrogens with one attached hydrogen (secondary N) is 2. The number of aromatic hydroxyl groups is 1. The zero-order valence-electron chi connectivity index (χ0n) is 12.8. The van der Waals surface area contributed by atoms with Crippen molar-refractivity contribution in [2.45, 2.75) is 5.92 Å². The zero-order valence-corrected chi connectivity index (χ0v) is 14.4. The van der Waals surface area contributed by atoms with E-state index in [9.17, 15) is 15.2 Å². The Kier molecular flexibility index (Phi) is 3.74. The third kappa shape index (κ3) is 2.62. The SMILES string of the molecule is O=[N+]([O-])c1ccc(C2c3cnc(=S)[nH]c3Oc3[nH]c(=S)nc(O)c32)cc1. The monoisotopic (exact) mass is 387 g/mol. The van der Waals surface area contributed by atoms with Crippen molar-refractivity contribution in [3.63, 3.8) is 0 Å². The van der Waals surface area contributed by atoms with Gasteiger partial charge in [-0.2, -0.15) is 4.98 Å². The highest BCUT2D eigenvalue weighted by atomic mass is 32.1. The number of fused-ring (bicyclic) bond motifs is 2. The molecule has 3 N–H and O–H groups in total. The molecule has 0 radical (unpaired) electrons. The molecule has 26 heavy (non-hydrogen) atoms. The molecule has 0 aliphatic carbocycles. The second-order valence-corrected chi connectivity index (χ2v) is 6.24. The van der Waals surface area contributed by atoms with Crippen LogP contribution < -0.4 is 4.74 Å². The van der Waals surface area contributed by atoms with Gasteiger partial charge in [-0.25, -0.2) is 4.98 Å². The minimum atomic E-state index is -0.534. The molecular formula is C15H9N5O4S2.